The van der Waals surface area contributed by atoms with Crippen molar-refractivity contribution in [2.24, 2.45) is 0 Å². The molecule has 0 bridgehead atoms. The van der Waals surface area contributed by atoms with Gasteiger partial charge in [0.25, 0.3) is 0 Å². The summed E-state index contributed by atoms with van der Waals surface area (Å²) >= 11 is 6.12. The van der Waals surface area contributed by atoms with E-state index in [9.17, 15) is 4.79 Å². The molecule has 2 aromatic rings. The van der Waals surface area contributed by atoms with E-state index in [1.165, 1.54) is 7.11 Å². The van der Waals surface area contributed by atoms with E-state index in [2.05, 4.69) is 4.74 Å². The molecule has 16 heavy (non-hydrogen) atoms. The van der Waals surface area contributed by atoms with Crippen molar-refractivity contribution in [3.63, 3.8) is 0 Å². The summed E-state index contributed by atoms with van der Waals surface area (Å²) in [6, 6.07) is 7.74. The van der Waals surface area contributed by atoms with Gasteiger partial charge in [0.2, 0.25) is 0 Å². The molecular formula is C12H12ClNO2. The number of methoxy groups -OCH3 is 1. The van der Waals surface area contributed by atoms with Crippen LogP contribution in [0.5, 0.6) is 0 Å². The first-order valence-electron chi connectivity index (χ1n) is 5.02. The predicted molar refractivity (Wildman–Crippen MR) is 63.6 cm³/mol. The highest BCUT2D eigenvalue weighted by Gasteiger charge is 2.06. The molecule has 84 valence electrons. The first-order chi connectivity index (χ1) is 7.72. The third-order valence-corrected chi connectivity index (χ3v) is 2.83. The van der Waals surface area contributed by atoms with Crippen molar-refractivity contribution in [3.05, 3.63) is 35.5 Å². The number of carbonyl (C=O) groups excluding carboxylic acids is 1. The highest BCUT2D eigenvalue weighted by Crippen LogP contribution is 2.24. The molecule has 0 saturated heterocycles. The van der Waals surface area contributed by atoms with Crippen LogP contribution in [0.1, 0.15) is 6.42 Å². The summed E-state index contributed by atoms with van der Waals surface area (Å²) in [6.45, 7) is 0.583. The fourth-order valence-corrected chi connectivity index (χ4v) is 2.00. The van der Waals surface area contributed by atoms with Gasteiger partial charge in [-0.15, -0.1) is 0 Å². The van der Waals surface area contributed by atoms with Crippen LogP contribution >= 0.6 is 11.6 Å². The molecule has 0 saturated carbocycles. The van der Waals surface area contributed by atoms with Crippen LogP contribution in [0.2, 0.25) is 5.02 Å². The number of fused-ring (bicyclic) bond motifs is 1. The minimum absolute atomic E-state index is 0.214. The van der Waals surface area contributed by atoms with Gasteiger partial charge in [0.15, 0.2) is 0 Å². The zero-order valence-corrected chi connectivity index (χ0v) is 9.70. The summed E-state index contributed by atoms with van der Waals surface area (Å²) in [5, 5.41) is 1.78. The highest BCUT2D eigenvalue weighted by atomic mass is 35.5. The van der Waals surface area contributed by atoms with E-state index in [0.29, 0.717) is 18.0 Å². The van der Waals surface area contributed by atoms with E-state index < -0.39 is 0 Å². The maximum Gasteiger partial charge on any atom is 0.307 e. The molecule has 0 atom stereocenters. The number of hydrogen-bond donors (Lipinski definition) is 0. The minimum Gasteiger partial charge on any atom is -0.469 e. The van der Waals surface area contributed by atoms with E-state index in [4.69, 9.17) is 11.6 Å². The van der Waals surface area contributed by atoms with Gasteiger partial charge in [-0.1, -0.05) is 23.7 Å². The topological polar surface area (TPSA) is 31.2 Å². The predicted octanol–water partition coefficient (Wildman–Crippen LogP) is 2.86. The smallest absolute Gasteiger partial charge is 0.307 e. The molecular weight excluding hydrogens is 226 g/mol. The number of aryl methyl sites for hydroxylation is 1. The maximum atomic E-state index is 11.1. The van der Waals surface area contributed by atoms with Gasteiger partial charge < -0.3 is 9.30 Å². The van der Waals surface area contributed by atoms with Crippen molar-refractivity contribution in [1.82, 2.24) is 4.57 Å². The molecule has 4 heteroatoms. The average Bonchev–Trinajstić information content (AvgIpc) is 2.70. The zero-order chi connectivity index (χ0) is 11.5. The van der Waals surface area contributed by atoms with Gasteiger partial charge in [0, 0.05) is 18.1 Å². The van der Waals surface area contributed by atoms with Crippen molar-refractivity contribution >= 4 is 28.5 Å². The Labute approximate surface area is 98.6 Å². The third kappa shape index (κ3) is 2.04. The summed E-state index contributed by atoms with van der Waals surface area (Å²) in [5.74, 6) is -0.214. The monoisotopic (exact) mass is 237 g/mol. The van der Waals surface area contributed by atoms with Crippen LogP contribution in [-0.2, 0) is 16.1 Å². The number of carbonyl (C=O) groups is 1. The Bertz CT molecular complexity index is 519. The molecule has 0 amide bonds. The van der Waals surface area contributed by atoms with Crippen molar-refractivity contribution in [2.75, 3.05) is 7.11 Å². The summed E-state index contributed by atoms with van der Waals surface area (Å²) in [4.78, 5) is 11.1. The van der Waals surface area contributed by atoms with Gasteiger partial charge >= 0.3 is 5.97 Å². The van der Waals surface area contributed by atoms with Gasteiger partial charge in [-0.05, 0) is 12.1 Å². The number of benzene rings is 1. The second-order valence-electron chi connectivity index (χ2n) is 3.51. The lowest BCUT2D eigenvalue weighted by atomic mass is 10.2. The molecule has 0 aliphatic carbocycles. The molecule has 0 radical (unpaired) electrons. The fraction of sp³-hybridized carbons (Fsp3) is 0.250. The lowest BCUT2D eigenvalue weighted by Crippen LogP contribution is -2.06. The molecule has 0 fully saturated rings. The number of nitrogens with zero attached hydrogens (tertiary/aromatic N) is 1. The molecule has 1 aromatic carbocycles. The van der Waals surface area contributed by atoms with Gasteiger partial charge in [0.1, 0.15) is 0 Å². The Morgan fingerprint density at radius 3 is 3.00 bits per heavy atom. The Morgan fingerprint density at radius 2 is 2.25 bits per heavy atom. The first-order valence-corrected chi connectivity index (χ1v) is 5.40. The Hall–Kier alpha value is -1.48. The standard InChI is InChI=1S/C12H12ClNO2/c1-16-11(15)6-8-14-7-5-9-3-2-4-10(13)12(9)14/h2-5,7H,6,8H2,1H3. The Kier molecular flexibility index (Phi) is 3.15. The number of aromatic nitrogens is 1. The number of halogens is 1. The van der Waals surface area contributed by atoms with Crippen molar-refractivity contribution < 1.29 is 9.53 Å². The van der Waals surface area contributed by atoms with Gasteiger partial charge in [-0.25, -0.2) is 0 Å². The molecule has 1 aromatic heterocycles. The fourth-order valence-electron chi connectivity index (χ4n) is 1.71. The summed E-state index contributed by atoms with van der Waals surface area (Å²) in [5.41, 5.74) is 0.966. The molecule has 0 aliphatic rings. The van der Waals surface area contributed by atoms with E-state index in [1.807, 2.05) is 35.0 Å². The Morgan fingerprint density at radius 1 is 1.44 bits per heavy atom. The molecule has 3 nitrogen and oxygen atoms in total. The maximum absolute atomic E-state index is 11.1. The van der Waals surface area contributed by atoms with Gasteiger partial charge in [0.05, 0.1) is 24.1 Å². The van der Waals surface area contributed by atoms with E-state index in [0.717, 1.165) is 10.9 Å². The summed E-state index contributed by atoms with van der Waals surface area (Å²) in [6.07, 6.45) is 2.28. The molecule has 0 aliphatic heterocycles. The SMILES string of the molecule is COC(=O)CCn1ccc2cccc(Cl)c21. The van der Waals surface area contributed by atoms with Gasteiger partial charge in [-0.3, -0.25) is 4.79 Å². The average molecular weight is 238 g/mol. The number of rotatable bonds is 3. The number of esters is 1. The van der Waals surface area contributed by atoms with E-state index >= 15 is 0 Å². The van der Waals surface area contributed by atoms with Crippen LogP contribution in [0.15, 0.2) is 30.5 Å². The zero-order valence-electron chi connectivity index (χ0n) is 8.94. The second kappa shape index (κ2) is 4.58. The minimum atomic E-state index is -0.214. The van der Waals surface area contributed by atoms with Crippen molar-refractivity contribution in [3.8, 4) is 0 Å². The largest absolute Gasteiger partial charge is 0.469 e. The lowest BCUT2D eigenvalue weighted by Gasteiger charge is -2.05. The number of hydrogen-bond acceptors (Lipinski definition) is 2. The van der Waals surface area contributed by atoms with Crippen LogP contribution < -0.4 is 0 Å². The Balaban J connectivity index is 2.28. The van der Waals surface area contributed by atoms with Crippen molar-refractivity contribution in [2.45, 2.75) is 13.0 Å². The third-order valence-electron chi connectivity index (χ3n) is 2.52. The second-order valence-corrected chi connectivity index (χ2v) is 3.92. The van der Waals surface area contributed by atoms with Crippen LogP contribution in [0.4, 0.5) is 0 Å². The summed E-state index contributed by atoms with van der Waals surface area (Å²) < 4.78 is 6.57. The normalized spacial score (nSPS) is 10.6. The highest BCUT2D eigenvalue weighted by molar-refractivity contribution is 6.35. The first kappa shape index (κ1) is 11.0. The molecule has 1 heterocycles. The summed E-state index contributed by atoms with van der Waals surface area (Å²) in [7, 11) is 1.39. The number of ether oxygens (including phenoxy) is 1. The van der Waals surface area contributed by atoms with Crippen LogP contribution in [0, 0.1) is 0 Å². The van der Waals surface area contributed by atoms with Crippen LogP contribution in [0.3, 0.4) is 0 Å². The molecule has 2 rings (SSSR count). The molecule has 0 unspecified atom stereocenters. The van der Waals surface area contributed by atoms with Crippen LogP contribution in [-0.4, -0.2) is 17.6 Å². The number of para-hydroxylation sites is 1. The molecule has 0 spiro atoms. The quantitative estimate of drug-likeness (QED) is 0.769. The lowest BCUT2D eigenvalue weighted by molar-refractivity contribution is -0.140. The molecule has 0 N–H and O–H groups in total. The van der Waals surface area contributed by atoms with E-state index in [1.54, 1.807) is 0 Å². The van der Waals surface area contributed by atoms with E-state index in [-0.39, 0.29) is 5.97 Å². The van der Waals surface area contributed by atoms with Crippen LogP contribution in [0.25, 0.3) is 10.9 Å². The van der Waals surface area contributed by atoms with Gasteiger partial charge in [-0.2, -0.15) is 0 Å². The van der Waals surface area contributed by atoms with Crippen molar-refractivity contribution in [1.29, 1.82) is 0 Å².